The number of nitrogens with one attached hydrogen (secondary N) is 1. The molecule has 3 aromatic rings. The third-order valence-electron chi connectivity index (χ3n) is 4.85. The average Bonchev–Trinajstić information content (AvgIpc) is 2.95. The molecule has 0 saturated heterocycles. The van der Waals surface area contributed by atoms with Gasteiger partial charge in [0.1, 0.15) is 0 Å². The van der Waals surface area contributed by atoms with E-state index < -0.39 is 0 Å². The van der Waals surface area contributed by atoms with E-state index in [0.717, 1.165) is 13.1 Å². The standard InChI is InChI=1S/C21H27N3/c1-5-22-15-21(2,3)20(16-9-7-6-8-10-16)17-11-12-19-18(13-17)14-23-24(19)4/h6-14,20,22H,5,15H2,1-4H3/t20-/m0/s1. The van der Waals surface area contributed by atoms with Crippen molar-refractivity contribution in [2.24, 2.45) is 12.5 Å². The summed E-state index contributed by atoms with van der Waals surface area (Å²) in [7, 11) is 1.99. The van der Waals surface area contributed by atoms with Gasteiger partial charge in [0.15, 0.2) is 0 Å². The molecular weight excluding hydrogens is 294 g/mol. The molecule has 0 spiro atoms. The number of aryl methyl sites for hydroxylation is 1. The quantitative estimate of drug-likeness (QED) is 0.732. The summed E-state index contributed by atoms with van der Waals surface area (Å²) in [6.45, 7) is 8.83. The van der Waals surface area contributed by atoms with Crippen molar-refractivity contribution in [3.05, 3.63) is 65.9 Å². The second-order valence-corrected chi connectivity index (χ2v) is 7.20. The molecule has 0 fully saturated rings. The van der Waals surface area contributed by atoms with Crippen LogP contribution < -0.4 is 5.32 Å². The second kappa shape index (κ2) is 6.78. The summed E-state index contributed by atoms with van der Waals surface area (Å²) in [6.07, 6.45) is 1.96. The van der Waals surface area contributed by atoms with Gasteiger partial charge in [0.25, 0.3) is 0 Å². The number of rotatable bonds is 6. The Hall–Kier alpha value is -2.13. The van der Waals surface area contributed by atoms with E-state index in [-0.39, 0.29) is 5.41 Å². The van der Waals surface area contributed by atoms with Crippen molar-refractivity contribution >= 4 is 10.9 Å². The van der Waals surface area contributed by atoms with Crippen molar-refractivity contribution in [3.63, 3.8) is 0 Å². The molecule has 1 aromatic heterocycles. The van der Waals surface area contributed by atoms with Crippen LogP contribution in [0.25, 0.3) is 10.9 Å². The molecule has 2 aromatic carbocycles. The van der Waals surface area contributed by atoms with Crippen molar-refractivity contribution in [3.8, 4) is 0 Å². The molecule has 0 saturated carbocycles. The fourth-order valence-corrected chi connectivity index (χ4v) is 3.65. The van der Waals surface area contributed by atoms with Gasteiger partial charge in [-0.3, -0.25) is 4.68 Å². The summed E-state index contributed by atoms with van der Waals surface area (Å²) < 4.78 is 1.93. The van der Waals surface area contributed by atoms with Gasteiger partial charge in [-0.15, -0.1) is 0 Å². The minimum absolute atomic E-state index is 0.104. The fourth-order valence-electron chi connectivity index (χ4n) is 3.65. The lowest BCUT2D eigenvalue weighted by molar-refractivity contribution is 0.302. The zero-order chi connectivity index (χ0) is 17.2. The van der Waals surface area contributed by atoms with E-state index in [0.29, 0.717) is 5.92 Å². The summed E-state index contributed by atoms with van der Waals surface area (Å²) in [5.74, 6) is 0.336. The lowest BCUT2D eigenvalue weighted by Gasteiger charge is -2.35. The largest absolute Gasteiger partial charge is 0.316 e. The molecule has 0 aliphatic carbocycles. The van der Waals surface area contributed by atoms with Crippen LogP contribution in [-0.4, -0.2) is 22.9 Å². The van der Waals surface area contributed by atoms with Crippen LogP contribution in [0.5, 0.6) is 0 Å². The molecule has 0 unspecified atom stereocenters. The molecule has 0 radical (unpaired) electrons. The normalized spacial score (nSPS) is 13.3. The van der Waals surface area contributed by atoms with Gasteiger partial charge in [0.05, 0.1) is 11.7 Å². The predicted molar refractivity (Wildman–Crippen MR) is 101 cm³/mol. The van der Waals surface area contributed by atoms with E-state index in [1.165, 1.54) is 22.0 Å². The monoisotopic (exact) mass is 321 g/mol. The highest BCUT2D eigenvalue weighted by Crippen LogP contribution is 2.41. The molecule has 24 heavy (non-hydrogen) atoms. The highest BCUT2D eigenvalue weighted by molar-refractivity contribution is 5.79. The van der Waals surface area contributed by atoms with E-state index in [1.807, 2.05) is 17.9 Å². The lowest BCUT2D eigenvalue weighted by Crippen LogP contribution is -2.35. The summed E-state index contributed by atoms with van der Waals surface area (Å²) in [5, 5.41) is 9.12. The maximum atomic E-state index is 4.39. The van der Waals surface area contributed by atoms with Crippen LogP contribution in [0.3, 0.4) is 0 Å². The smallest absolute Gasteiger partial charge is 0.0679 e. The van der Waals surface area contributed by atoms with Gasteiger partial charge in [0, 0.05) is 24.9 Å². The van der Waals surface area contributed by atoms with Gasteiger partial charge in [-0.1, -0.05) is 57.2 Å². The van der Waals surface area contributed by atoms with Gasteiger partial charge < -0.3 is 5.32 Å². The second-order valence-electron chi connectivity index (χ2n) is 7.20. The third-order valence-corrected chi connectivity index (χ3v) is 4.85. The zero-order valence-electron chi connectivity index (χ0n) is 15.1. The van der Waals surface area contributed by atoms with Crippen molar-refractivity contribution in [2.45, 2.75) is 26.7 Å². The van der Waals surface area contributed by atoms with Crippen LogP contribution in [0.15, 0.2) is 54.7 Å². The Labute approximate surface area is 144 Å². The van der Waals surface area contributed by atoms with E-state index >= 15 is 0 Å². The molecule has 1 N–H and O–H groups in total. The van der Waals surface area contributed by atoms with E-state index in [9.17, 15) is 0 Å². The topological polar surface area (TPSA) is 29.9 Å². The molecule has 3 nitrogen and oxygen atoms in total. The number of nitrogens with zero attached hydrogens (tertiary/aromatic N) is 2. The molecule has 1 atom stereocenters. The molecule has 1 heterocycles. The Morgan fingerprint density at radius 1 is 1.08 bits per heavy atom. The molecular formula is C21H27N3. The number of aromatic nitrogens is 2. The van der Waals surface area contributed by atoms with Gasteiger partial charge in [-0.2, -0.15) is 5.10 Å². The number of hydrogen-bond donors (Lipinski definition) is 1. The predicted octanol–water partition coefficient (Wildman–Crippen LogP) is 4.34. The Balaban J connectivity index is 2.08. The summed E-state index contributed by atoms with van der Waals surface area (Å²) in [5.41, 5.74) is 4.00. The molecule has 3 heteroatoms. The number of hydrogen-bond acceptors (Lipinski definition) is 2. The van der Waals surface area contributed by atoms with Crippen LogP contribution in [0.4, 0.5) is 0 Å². The first-order valence-corrected chi connectivity index (χ1v) is 8.70. The van der Waals surface area contributed by atoms with E-state index in [4.69, 9.17) is 0 Å². The van der Waals surface area contributed by atoms with E-state index in [1.54, 1.807) is 0 Å². The van der Waals surface area contributed by atoms with Crippen molar-refractivity contribution in [1.29, 1.82) is 0 Å². The summed E-state index contributed by atoms with van der Waals surface area (Å²) in [4.78, 5) is 0. The molecule has 3 rings (SSSR count). The van der Waals surface area contributed by atoms with Crippen molar-refractivity contribution in [1.82, 2.24) is 15.1 Å². The SMILES string of the molecule is CCNCC(C)(C)[C@@H](c1ccccc1)c1ccc2c(cnn2C)c1. The zero-order valence-corrected chi connectivity index (χ0v) is 15.1. The van der Waals surface area contributed by atoms with Crippen LogP contribution in [0, 0.1) is 5.41 Å². The first-order chi connectivity index (χ1) is 11.5. The third kappa shape index (κ3) is 3.22. The molecule has 0 bridgehead atoms. The number of fused-ring (bicyclic) bond motifs is 1. The van der Waals surface area contributed by atoms with Gasteiger partial charge in [0.2, 0.25) is 0 Å². The van der Waals surface area contributed by atoms with Gasteiger partial charge in [-0.25, -0.2) is 0 Å². The molecule has 0 amide bonds. The first kappa shape index (κ1) is 16.7. The highest BCUT2D eigenvalue weighted by atomic mass is 15.2. The highest BCUT2D eigenvalue weighted by Gasteiger charge is 2.32. The average molecular weight is 321 g/mol. The molecule has 0 aliphatic heterocycles. The lowest BCUT2D eigenvalue weighted by atomic mass is 9.71. The van der Waals surface area contributed by atoms with Gasteiger partial charge >= 0.3 is 0 Å². The fraction of sp³-hybridized carbons (Fsp3) is 0.381. The Morgan fingerprint density at radius 3 is 2.54 bits per heavy atom. The maximum Gasteiger partial charge on any atom is 0.0679 e. The minimum atomic E-state index is 0.104. The van der Waals surface area contributed by atoms with Crippen molar-refractivity contribution < 1.29 is 0 Å². The molecule has 126 valence electrons. The Kier molecular flexibility index (Phi) is 4.72. The van der Waals surface area contributed by atoms with Crippen LogP contribution in [0.2, 0.25) is 0 Å². The Bertz CT molecular complexity index is 802. The number of benzene rings is 2. The van der Waals surface area contributed by atoms with Crippen LogP contribution in [0.1, 0.15) is 37.8 Å². The Morgan fingerprint density at radius 2 is 1.83 bits per heavy atom. The maximum absolute atomic E-state index is 4.39. The van der Waals surface area contributed by atoms with Crippen molar-refractivity contribution in [2.75, 3.05) is 13.1 Å². The van der Waals surface area contributed by atoms with Gasteiger partial charge in [-0.05, 0) is 35.2 Å². The summed E-state index contributed by atoms with van der Waals surface area (Å²) >= 11 is 0. The van der Waals surface area contributed by atoms with E-state index in [2.05, 4.69) is 79.7 Å². The minimum Gasteiger partial charge on any atom is -0.316 e. The molecule has 0 aliphatic rings. The summed E-state index contributed by atoms with van der Waals surface area (Å²) in [6, 6.07) is 17.6. The van der Waals surface area contributed by atoms with Crippen LogP contribution >= 0.6 is 0 Å². The first-order valence-electron chi connectivity index (χ1n) is 8.70. The van der Waals surface area contributed by atoms with Crippen LogP contribution in [-0.2, 0) is 7.05 Å².